The van der Waals surface area contributed by atoms with Crippen molar-refractivity contribution in [3.63, 3.8) is 0 Å². The third-order valence-electron chi connectivity index (χ3n) is 3.79. The summed E-state index contributed by atoms with van der Waals surface area (Å²) in [4.78, 5) is 14.0. The molecule has 1 saturated carbocycles. The molecule has 1 aliphatic carbocycles. The molecule has 1 aliphatic heterocycles. The van der Waals surface area contributed by atoms with Crippen molar-refractivity contribution >= 4 is 5.91 Å². The first-order valence-electron chi connectivity index (χ1n) is 6.64. The zero-order valence-corrected chi connectivity index (χ0v) is 10.8. The molecule has 0 spiro atoms. The molecule has 1 N–H and O–H groups in total. The Hall–Kier alpha value is -0.610. The van der Waals surface area contributed by atoms with Gasteiger partial charge in [-0.2, -0.15) is 0 Å². The zero-order chi connectivity index (χ0) is 12.5. The Bertz CT molecular complexity index is 276. The Morgan fingerprint density at radius 1 is 1.29 bits per heavy atom. The minimum Gasteiger partial charge on any atom is -0.389 e. The SMILES string of the molecule is CC1CN(C(=O)CC2(O)CCCC2)CC(C)O1. The standard InChI is InChI=1S/C13H23NO3/c1-10-8-14(9-11(2)17-10)12(15)7-13(16)5-3-4-6-13/h10-11,16H,3-9H2,1-2H3. The fourth-order valence-electron chi connectivity index (χ4n) is 2.98. The first-order valence-corrected chi connectivity index (χ1v) is 6.64. The van der Waals surface area contributed by atoms with Crippen LogP contribution in [0.3, 0.4) is 0 Å². The van der Waals surface area contributed by atoms with E-state index in [-0.39, 0.29) is 24.5 Å². The fourth-order valence-corrected chi connectivity index (χ4v) is 2.98. The number of carbonyl (C=O) groups is 1. The van der Waals surface area contributed by atoms with Gasteiger partial charge in [0.1, 0.15) is 0 Å². The van der Waals surface area contributed by atoms with Crippen LogP contribution in [0.2, 0.25) is 0 Å². The molecule has 1 amide bonds. The van der Waals surface area contributed by atoms with E-state index in [2.05, 4.69) is 0 Å². The minimum atomic E-state index is -0.734. The number of amides is 1. The number of nitrogens with zero attached hydrogens (tertiary/aromatic N) is 1. The Morgan fingerprint density at radius 2 is 1.82 bits per heavy atom. The first kappa shape index (κ1) is 12.8. The molecular weight excluding hydrogens is 218 g/mol. The second-order valence-corrected chi connectivity index (χ2v) is 5.66. The maximum Gasteiger partial charge on any atom is 0.225 e. The van der Waals surface area contributed by atoms with Gasteiger partial charge in [0.05, 0.1) is 24.2 Å². The van der Waals surface area contributed by atoms with Gasteiger partial charge < -0.3 is 14.7 Å². The largest absolute Gasteiger partial charge is 0.389 e. The number of hydrogen-bond donors (Lipinski definition) is 1. The maximum absolute atomic E-state index is 12.2. The predicted molar refractivity (Wildman–Crippen MR) is 64.6 cm³/mol. The molecule has 1 saturated heterocycles. The third-order valence-corrected chi connectivity index (χ3v) is 3.79. The third kappa shape index (κ3) is 3.19. The molecule has 17 heavy (non-hydrogen) atoms. The first-order chi connectivity index (χ1) is 7.98. The lowest BCUT2D eigenvalue weighted by Crippen LogP contribution is -2.49. The Labute approximate surface area is 103 Å². The van der Waals surface area contributed by atoms with Crippen molar-refractivity contribution in [3.05, 3.63) is 0 Å². The molecule has 0 aromatic rings. The molecule has 4 nitrogen and oxygen atoms in total. The van der Waals surface area contributed by atoms with Gasteiger partial charge >= 0.3 is 0 Å². The van der Waals surface area contributed by atoms with E-state index >= 15 is 0 Å². The maximum atomic E-state index is 12.2. The van der Waals surface area contributed by atoms with Crippen molar-refractivity contribution in [2.75, 3.05) is 13.1 Å². The van der Waals surface area contributed by atoms with Gasteiger partial charge in [0.15, 0.2) is 0 Å². The van der Waals surface area contributed by atoms with Crippen molar-refractivity contribution < 1.29 is 14.6 Å². The molecule has 2 rings (SSSR count). The summed E-state index contributed by atoms with van der Waals surface area (Å²) in [7, 11) is 0. The Kier molecular flexibility index (Phi) is 3.73. The average Bonchev–Trinajstić information content (AvgIpc) is 2.63. The highest BCUT2D eigenvalue weighted by Crippen LogP contribution is 2.33. The van der Waals surface area contributed by atoms with Crippen LogP contribution in [0.5, 0.6) is 0 Å². The monoisotopic (exact) mass is 241 g/mol. The smallest absolute Gasteiger partial charge is 0.225 e. The molecule has 0 bridgehead atoms. The summed E-state index contributed by atoms with van der Waals surface area (Å²) in [6, 6.07) is 0. The van der Waals surface area contributed by atoms with Gasteiger partial charge in [0.25, 0.3) is 0 Å². The quantitative estimate of drug-likeness (QED) is 0.793. The van der Waals surface area contributed by atoms with E-state index in [4.69, 9.17) is 4.74 Å². The van der Waals surface area contributed by atoms with Crippen LogP contribution in [0.1, 0.15) is 46.0 Å². The van der Waals surface area contributed by atoms with Gasteiger partial charge in [-0.3, -0.25) is 4.79 Å². The molecule has 2 aliphatic rings. The second-order valence-electron chi connectivity index (χ2n) is 5.66. The molecular formula is C13H23NO3. The lowest BCUT2D eigenvalue weighted by atomic mass is 9.97. The molecule has 2 unspecified atom stereocenters. The van der Waals surface area contributed by atoms with E-state index in [9.17, 15) is 9.90 Å². The number of hydrogen-bond acceptors (Lipinski definition) is 3. The summed E-state index contributed by atoms with van der Waals surface area (Å²) in [5.74, 6) is 0.0800. The minimum absolute atomic E-state index is 0.0800. The number of morpholine rings is 1. The molecule has 0 aromatic carbocycles. The molecule has 2 fully saturated rings. The molecule has 4 heteroatoms. The van der Waals surface area contributed by atoms with E-state index in [0.29, 0.717) is 13.1 Å². The summed E-state index contributed by atoms with van der Waals surface area (Å²) in [6.07, 6.45) is 4.11. The topological polar surface area (TPSA) is 49.8 Å². The van der Waals surface area contributed by atoms with Crippen LogP contribution in [-0.2, 0) is 9.53 Å². The number of rotatable bonds is 2. The highest BCUT2D eigenvalue weighted by molar-refractivity contribution is 5.77. The number of carbonyl (C=O) groups excluding carboxylic acids is 1. The van der Waals surface area contributed by atoms with Crippen LogP contribution in [0.4, 0.5) is 0 Å². The average molecular weight is 241 g/mol. The van der Waals surface area contributed by atoms with Crippen molar-refractivity contribution in [3.8, 4) is 0 Å². The van der Waals surface area contributed by atoms with Crippen LogP contribution in [0.25, 0.3) is 0 Å². The number of ether oxygens (including phenoxy) is 1. The molecule has 98 valence electrons. The lowest BCUT2D eigenvalue weighted by molar-refractivity contribution is -0.147. The zero-order valence-electron chi connectivity index (χ0n) is 10.8. The normalized spacial score (nSPS) is 32.8. The van der Waals surface area contributed by atoms with Crippen LogP contribution >= 0.6 is 0 Å². The lowest BCUT2D eigenvalue weighted by Gasteiger charge is -2.36. The van der Waals surface area contributed by atoms with Gasteiger partial charge in [0.2, 0.25) is 5.91 Å². The highest BCUT2D eigenvalue weighted by Gasteiger charge is 2.36. The molecule has 1 heterocycles. The van der Waals surface area contributed by atoms with Crippen LogP contribution in [0, 0.1) is 0 Å². The van der Waals surface area contributed by atoms with Crippen LogP contribution < -0.4 is 0 Å². The van der Waals surface area contributed by atoms with Gasteiger partial charge in [-0.1, -0.05) is 12.8 Å². The van der Waals surface area contributed by atoms with E-state index in [1.54, 1.807) is 0 Å². The molecule has 2 atom stereocenters. The van der Waals surface area contributed by atoms with Gasteiger partial charge in [-0.05, 0) is 26.7 Å². The van der Waals surface area contributed by atoms with E-state index in [1.807, 2.05) is 18.7 Å². The summed E-state index contributed by atoms with van der Waals surface area (Å²) < 4.78 is 5.61. The van der Waals surface area contributed by atoms with Crippen molar-refractivity contribution in [1.29, 1.82) is 0 Å². The van der Waals surface area contributed by atoms with Crippen LogP contribution in [0.15, 0.2) is 0 Å². The predicted octanol–water partition coefficient (Wildman–Crippen LogP) is 1.32. The second kappa shape index (κ2) is 4.94. The molecule has 0 aromatic heterocycles. The Morgan fingerprint density at radius 3 is 2.35 bits per heavy atom. The summed E-state index contributed by atoms with van der Waals surface area (Å²) in [5.41, 5.74) is -0.734. The number of aliphatic hydroxyl groups is 1. The van der Waals surface area contributed by atoms with Gasteiger partial charge in [-0.15, -0.1) is 0 Å². The van der Waals surface area contributed by atoms with E-state index in [1.165, 1.54) is 0 Å². The summed E-state index contributed by atoms with van der Waals surface area (Å²) in [5, 5.41) is 10.2. The summed E-state index contributed by atoms with van der Waals surface area (Å²) in [6.45, 7) is 5.28. The molecule has 0 radical (unpaired) electrons. The van der Waals surface area contributed by atoms with Gasteiger partial charge in [-0.25, -0.2) is 0 Å². The summed E-state index contributed by atoms with van der Waals surface area (Å²) >= 11 is 0. The van der Waals surface area contributed by atoms with Crippen molar-refractivity contribution in [2.24, 2.45) is 0 Å². The highest BCUT2D eigenvalue weighted by atomic mass is 16.5. The van der Waals surface area contributed by atoms with Gasteiger partial charge in [0, 0.05) is 13.1 Å². The fraction of sp³-hybridized carbons (Fsp3) is 0.923. The Balaban J connectivity index is 1.90. The van der Waals surface area contributed by atoms with Crippen LogP contribution in [-0.4, -0.2) is 46.8 Å². The van der Waals surface area contributed by atoms with Crippen molar-refractivity contribution in [1.82, 2.24) is 4.90 Å². The van der Waals surface area contributed by atoms with Crippen molar-refractivity contribution in [2.45, 2.75) is 63.8 Å². The van der Waals surface area contributed by atoms with E-state index < -0.39 is 5.60 Å². The van der Waals surface area contributed by atoms with E-state index in [0.717, 1.165) is 25.7 Å².